The maximum atomic E-state index is 9.58. The summed E-state index contributed by atoms with van der Waals surface area (Å²) in [5.74, 6) is 0. The van der Waals surface area contributed by atoms with Crippen LogP contribution in [0.5, 0.6) is 0 Å². The molecule has 0 aliphatic heterocycles. The number of allylic oxidation sites excluding steroid dienone is 1. The Kier molecular flexibility index (Phi) is 4.94. The van der Waals surface area contributed by atoms with Crippen LogP contribution < -0.4 is 0 Å². The van der Waals surface area contributed by atoms with Crippen LogP contribution in [0, 0.1) is 28.1 Å². The van der Waals surface area contributed by atoms with E-state index in [0.29, 0.717) is 6.61 Å². The fourth-order valence-electron chi connectivity index (χ4n) is 2.63. The number of ether oxygens (including phenoxy) is 1. The average molecular weight is 290 g/mol. The minimum absolute atomic E-state index is 0.261. The Morgan fingerprint density at radius 3 is 2.45 bits per heavy atom. The Hall–Kier alpha value is -2.62. The van der Waals surface area contributed by atoms with Crippen molar-refractivity contribution in [2.45, 2.75) is 19.4 Å². The second-order valence-corrected chi connectivity index (χ2v) is 5.13. The van der Waals surface area contributed by atoms with E-state index in [4.69, 9.17) is 4.74 Å². The summed E-state index contributed by atoms with van der Waals surface area (Å²) in [5, 5.41) is 21.3. The third-order valence-electron chi connectivity index (χ3n) is 3.72. The van der Waals surface area contributed by atoms with Gasteiger partial charge in [-0.3, -0.25) is 0 Å². The topological polar surface area (TPSA) is 56.8 Å². The van der Waals surface area contributed by atoms with Crippen molar-refractivity contribution in [1.82, 2.24) is 0 Å². The van der Waals surface area contributed by atoms with Gasteiger partial charge in [0.05, 0.1) is 12.1 Å². The molecule has 0 aliphatic carbocycles. The van der Waals surface area contributed by atoms with Gasteiger partial charge in [0, 0.05) is 6.61 Å². The molecule has 1 atom stereocenters. The highest BCUT2D eigenvalue weighted by Gasteiger charge is 2.40. The molecule has 0 heterocycles. The molecule has 0 bridgehead atoms. The maximum absolute atomic E-state index is 9.58. The molecule has 2 rings (SSSR count). The van der Waals surface area contributed by atoms with E-state index >= 15 is 0 Å². The molecule has 0 saturated heterocycles. The number of fused-ring (bicyclic) bond motifs is 1. The predicted molar refractivity (Wildman–Crippen MR) is 86.8 cm³/mol. The van der Waals surface area contributed by atoms with E-state index in [1.54, 1.807) is 6.08 Å². The molecule has 2 aromatic rings. The van der Waals surface area contributed by atoms with Crippen LogP contribution in [0.25, 0.3) is 10.8 Å². The lowest BCUT2D eigenvalue weighted by molar-refractivity contribution is 0.0113. The Labute approximate surface area is 131 Å². The first-order chi connectivity index (χ1) is 10.7. The van der Waals surface area contributed by atoms with E-state index in [9.17, 15) is 10.5 Å². The van der Waals surface area contributed by atoms with E-state index in [0.717, 1.165) is 16.3 Å². The van der Waals surface area contributed by atoms with Crippen molar-refractivity contribution in [1.29, 1.82) is 10.5 Å². The molecule has 0 saturated carbocycles. The number of hydrogen-bond donors (Lipinski definition) is 0. The Morgan fingerprint density at radius 1 is 1.18 bits per heavy atom. The third kappa shape index (κ3) is 2.86. The third-order valence-corrected chi connectivity index (χ3v) is 3.72. The van der Waals surface area contributed by atoms with Gasteiger partial charge in [-0.1, -0.05) is 42.5 Å². The summed E-state index contributed by atoms with van der Waals surface area (Å²) in [4.78, 5) is 0. The lowest BCUT2D eigenvalue weighted by atomic mass is 9.78. The highest BCUT2D eigenvalue weighted by Crippen LogP contribution is 2.40. The molecule has 0 amide bonds. The molecule has 2 aromatic carbocycles. The van der Waals surface area contributed by atoms with E-state index in [1.165, 1.54) is 0 Å². The van der Waals surface area contributed by atoms with Gasteiger partial charge in [0.2, 0.25) is 0 Å². The first-order valence-electron chi connectivity index (χ1n) is 7.24. The highest BCUT2D eigenvalue weighted by molar-refractivity contribution is 5.83. The second-order valence-electron chi connectivity index (χ2n) is 5.13. The van der Waals surface area contributed by atoms with Crippen molar-refractivity contribution < 1.29 is 4.74 Å². The Morgan fingerprint density at radius 2 is 1.86 bits per heavy atom. The van der Waals surface area contributed by atoms with Crippen molar-refractivity contribution in [2.75, 3.05) is 6.61 Å². The lowest BCUT2D eigenvalue weighted by Crippen LogP contribution is -2.27. The van der Waals surface area contributed by atoms with Crippen LogP contribution in [0.2, 0.25) is 0 Å². The number of hydrogen-bond acceptors (Lipinski definition) is 3. The standard InChI is InChI=1S/C19H18N2O/c1-3-11-19(13-20,14-21)18(22-4-2)17-10-9-15-7-5-6-8-16(15)12-17/h3,5-10,12,18H,1,4,11H2,2H3. The molecule has 22 heavy (non-hydrogen) atoms. The molecule has 110 valence electrons. The molecule has 0 fully saturated rings. The Bertz CT molecular complexity index is 738. The minimum Gasteiger partial charge on any atom is -0.371 e. The highest BCUT2D eigenvalue weighted by atomic mass is 16.5. The van der Waals surface area contributed by atoms with Gasteiger partial charge < -0.3 is 4.74 Å². The molecule has 1 unspecified atom stereocenters. The van der Waals surface area contributed by atoms with Crippen LogP contribution in [0.1, 0.15) is 25.0 Å². The van der Waals surface area contributed by atoms with E-state index in [-0.39, 0.29) is 6.42 Å². The molecule has 0 aromatic heterocycles. The maximum Gasteiger partial charge on any atom is 0.177 e. The molecule has 0 spiro atoms. The summed E-state index contributed by atoms with van der Waals surface area (Å²) in [6.45, 7) is 5.96. The predicted octanol–water partition coefficient (Wildman–Crippen LogP) is 4.53. The van der Waals surface area contributed by atoms with Gasteiger partial charge in [0.25, 0.3) is 0 Å². The van der Waals surface area contributed by atoms with Crippen molar-refractivity contribution in [3.05, 3.63) is 60.7 Å². The average Bonchev–Trinajstić information content (AvgIpc) is 2.57. The molecule has 0 N–H and O–H groups in total. The van der Waals surface area contributed by atoms with E-state index in [2.05, 4.69) is 18.7 Å². The molecule has 0 radical (unpaired) electrons. The first kappa shape index (κ1) is 15.8. The Balaban J connectivity index is 2.56. The van der Waals surface area contributed by atoms with Gasteiger partial charge in [-0.2, -0.15) is 10.5 Å². The van der Waals surface area contributed by atoms with E-state index in [1.807, 2.05) is 49.4 Å². The van der Waals surface area contributed by atoms with Gasteiger partial charge in [-0.25, -0.2) is 0 Å². The van der Waals surface area contributed by atoms with Crippen LogP contribution in [0.4, 0.5) is 0 Å². The number of nitrogens with zero attached hydrogens (tertiary/aromatic N) is 2. The summed E-state index contributed by atoms with van der Waals surface area (Å²) >= 11 is 0. The summed E-state index contributed by atoms with van der Waals surface area (Å²) in [6.07, 6.45) is 1.26. The van der Waals surface area contributed by atoms with Crippen LogP contribution in [0.15, 0.2) is 55.1 Å². The fraction of sp³-hybridized carbons (Fsp3) is 0.263. The van der Waals surface area contributed by atoms with Gasteiger partial charge in [0.15, 0.2) is 5.41 Å². The zero-order chi connectivity index (χ0) is 16.0. The first-order valence-corrected chi connectivity index (χ1v) is 7.24. The SMILES string of the molecule is C=CCC(C#N)(C#N)C(OCC)c1ccc2ccccc2c1. The summed E-state index contributed by atoms with van der Waals surface area (Å²) < 4.78 is 5.78. The monoisotopic (exact) mass is 290 g/mol. The van der Waals surface area contributed by atoms with Crippen molar-refractivity contribution >= 4 is 10.8 Å². The van der Waals surface area contributed by atoms with E-state index < -0.39 is 11.5 Å². The second kappa shape index (κ2) is 6.89. The largest absolute Gasteiger partial charge is 0.371 e. The lowest BCUT2D eigenvalue weighted by Gasteiger charge is -2.28. The summed E-state index contributed by atoms with van der Waals surface area (Å²) in [5.41, 5.74) is -0.425. The van der Waals surface area contributed by atoms with Crippen molar-refractivity contribution in [2.24, 2.45) is 5.41 Å². The molecule has 3 heteroatoms. The van der Waals surface area contributed by atoms with Gasteiger partial charge >= 0.3 is 0 Å². The van der Waals surface area contributed by atoms with Crippen LogP contribution in [-0.4, -0.2) is 6.61 Å². The van der Waals surface area contributed by atoms with Gasteiger partial charge in [-0.05, 0) is 35.7 Å². The molecule has 3 nitrogen and oxygen atoms in total. The number of benzene rings is 2. The smallest absolute Gasteiger partial charge is 0.177 e. The zero-order valence-electron chi connectivity index (χ0n) is 12.6. The van der Waals surface area contributed by atoms with Crippen LogP contribution in [-0.2, 0) is 4.74 Å². The minimum atomic E-state index is -1.26. The zero-order valence-corrected chi connectivity index (χ0v) is 12.6. The van der Waals surface area contributed by atoms with Gasteiger partial charge in [-0.15, -0.1) is 6.58 Å². The molecule has 0 aliphatic rings. The quantitative estimate of drug-likeness (QED) is 0.734. The molecular weight excluding hydrogens is 272 g/mol. The summed E-state index contributed by atoms with van der Waals surface area (Å²) in [6, 6.07) is 18.2. The number of nitriles is 2. The van der Waals surface area contributed by atoms with Crippen molar-refractivity contribution in [3.63, 3.8) is 0 Å². The van der Waals surface area contributed by atoms with Crippen molar-refractivity contribution in [3.8, 4) is 12.1 Å². The summed E-state index contributed by atoms with van der Waals surface area (Å²) in [7, 11) is 0. The fourth-order valence-corrected chi connectivity index (χ4v) is 2.63. The number of rotatable bonds is 6. The molecular formula is C19H18N2O. The van der Waals surface area contributed by atoms with Crippen LogP contribution >= 0.6 is 0 Å². The normalized spacial score (nSPS) is 12.3. The van der Waals surface area contributed by atoms with Gasteiger partial charge in [0.1, 0.15) is 6.10 Å². The van der Waals surface area contributed by atoms with Crippen LogP contribution in [0.3, 0.4) is 0 Å².